The average molecular weight is 234 g/mol. The van der Waals surface area contributed by atoms with Gasteiger partial charge in [-0.1, -0.05) is 26.0 Å². The van der Waals surface area contributed by atoms with Crippen LogP contribution in [0, 0.1) is 5.41 Å². The van der Waals surface area contributed by atoms with E-state index in [2.05, 4.69) is 48.3 Å². The maximum Gasteiger partial charge on any atom is 0.0637 e. The molecule has 0 radical (unpaired) electrons. The lowest BCUT2D eigenvalue weighted by molar-refractivity contribution is 0.203. The molecular weight excluding hydrogens is 212 g/mol. The third-order valence-corrected chi connectivity index (χ3v) is 3.19. The van der Waals surface area contributed by atoms with Gasteiger partial charge in [0.05, 0.1) is 18.0 Å². The molecule has 0 unspecified atom stereocenters. The second-order valence-electron chi connectivity index (χ2n) is 5.45. The number of fused-ring (bicyclic) bond motifs is 1. The van der Waals surface area contributed by atoms with Crippen molar-refractivity contribution < 1.29 is 4.74 Å². The Labute approximate surface area is 104 Å². The highest BCUT2D eigenvalue weighted by molar-refractivity contribution is 5.71. The first-order chi connectivity index (χ1) is 8.12. The van der Waals surface area contributed by atoms with Crippen LogP contribution in [0.5, 0.6) is 0 Å². The quantitative estimate of drug-likeness (QED) is 0.870. The van der Waals surface area contributed by atoms with Crippen molar-refractivity contribution in [1.29, 1.82) is 0 Å². The molecule has 0 atom stereocenters. The van der Waals surface area contributed by atoms with Gasteiger partial charge in [0.25, 0.3) is 0 Å². The highest BCUT2D eigenvalue weighted by Crippen LogP contribution is 2.32. The van der Waals surface area contributed by atoms with Gasteiger partial charge in [-0.25, -0.2) is 0 Å². The van der Waals surface area contributed by atoms with Gasteiger partial charge in [0.15, 0.2) is 0 Å². The fourth-order valence-corrected chi connectivity index (χ4v) is 2.29. The number of hydrogen-bond acceptors (Lipinski definition) is 3. The number of ether oxygens (including phenoxy) is 1. The van der Waals surface area contributed by atoms with Crippen LogP contribution >= 0.6 is 0 Å². The molecule has 2 rings (SSSR count). The van der Waals surface area contributed by atoms with Crippen LogP contribution in [-0.4, -0.2) is 33.4 Å². The van der Waals surface area contributed by atoms with Crippen molar-refractivity contribution >= 4 is 11.4 Å². The van der Waals surface area contributed by atoms with E-state index in [1.54, 1.807) is 7.11 Å². The van der Waals surface area contributed by atoms with Gasteiger partial charge in [0, 0.05) is 26.7 Å². The third kappa shape index (κ3) is 2.91. The molecule has 1 aromatic rings. The molecule has 1 aromatic carbocycles. The highest BCUT2D eigenvalue weighted by Gasteiger charge is 2.26. The Bertz CT molecular complexity index is 376. The highest BCUT2D eigenvalue weighted by atomic mass is 16.5. The summed E-state index contributed by atoms with van der Waals surface area (Å²) in [6.45, 7) is 8.37. The number of hydrogen-bond donors (Lipinski definition) is 1. The Morgan fingerprint density at radius 1 is 1.35 bits per heavy atom. The van der Waals surface area contributed by atoms with Crippen LogP contribution in [0.1, 0.15) is 13.8 Å². The second-order valence-corrected chi connectivity index (χ2v) is 5.45. The van der Waals surface area contributed by atoms with E-state index >= 15 is 0 Å². The molecule has 1 N–H and O–H groups in total. The van der Waals surface area contributed by atoms with Gasteiger partial charge in [0.2, 0.25) is 0 Å². The average Bonchev–Trinajstić information content (AvgIpc) is 2.44. The molecule has 0 amide bonds. The summed E-state index contributed by atoms with van der Waals surface area (Å²) in [7, 11) is 1.76. The first-order valence-electron chi connectivity index (χ1n) is 6.19. The van der Waals surface area contributed by atoms with E-state index in [0.717, 1.165) is 26.2 Å². The number of anilines is 2. The molecule has 1 aliphatic heterocycles. The molecule has 0 aliphatic carbocycles. The van der Waals surface area contributed by atoms with Crippen molar-refractivity contribution in [3.8, 4) is 0 Å². The summed E-state index contributed by atoms with van der Waals surface area (Å²) in [5, 5.41) is 3.54. The minimum Gasteiger partial charge on any atom is -0.383 e. The summed E-state index contributed by atoms with van der Waals surface area (Å²) in [5.74, 6) is 0. The van der Waals surface area contributed by atoms with Crippen molar-refractivity contribution in [2.75, 3.05) is 43.6 Å². The Morgan fingerprint density at radius 3 is 2.88 bits per heavy atom. The standard InChI is InChI=1S/C14H22N2O/c1-14(2)10-15-12-6-4-5-7-13(12)16(11-14)8-9-17-3/h4-7,15H,8-11H2,1-3H3. The molecular formula is C14H22N2O. The summed E-state index contributed by atoms with van der Waals surface area (Å²) in [4.78, 5) is 2.42. The Hall–Kier alpha value is -1.22. The molecule has 94 valence electrons. The van der Waals surface area contributed by atoms with Gasteiger partial charge < -0.3 is 15.0 Å². The molecule has 3 nitrogen and oxygen atoms in total. The zero-order chi connectivity index (χ0) is 12.3. The molecule has 0 fully saturated rings. The molecule has 1 heterocycles. The Morgan fingerprint density at radius 2 is 2.12 bits per heavy atom. The number of nitrogens with one attached hydrogen (secondary N) is 1. The lowest BCUT2D eigenvalue weighted by Crippen LogP contribution is -2.37. The SMILES string of the molecule is COCCN1CC(C)(C)CNc2ccccc21. The van der Waals surface area contributed by atoms with Crippen LogP contribution in [0.15, 0.2) is 24.3 Å². The molecule has 0 saturated carbocycles. The number of benzene rings is 1. The molecule has 1 aliphatic rings. The lowest BCUT2D eigenvalue weighted by Gasteiger charge is -2.30. The Kier molecular flexibility index (Phi) is 3.57. The number of methoxy groups -OCH3 is 1. The number of nitrogens with zero attached hydrogens (tertiary/aromatic N) is 1. The smallest absolute Gasteiger partial charge is 0.0637 e. The molecule has 0 spiro atoms. The zero-order valence-corrected chi connectivity index (χ0v) is 11.0. The topological polar surface area (TPSA) is 24.5 Å². The molecule has 0 aromatic heterocycles. The van der Waals surface area contributed by atoms with Crippen LogP contribution in [0.25, 0.3) is 0 Å². The van der Waals surface area contributed by atoms with Crippen LogP contribution in [-0.2, 0) is 4.74 Å². The number of rotatable bonds is 3. The van der Waals surface area contributed by atoms with Crippen molar-refractivity contribution in [1.82, 2.24) is 0 Å². The van der Waals surface area contributed by atoms with Crippen LogP contribution < -0.4 is 10.2 Å². The van der Waals surface area contributed by atoms with E-state index in [1.807, 2.05) is 0 Å². The minimum atomic E-state index is 0.271. The zero-order valence-electron chi connectivity index (χ0n) is 11.0. The van der Waals surface area contributed by atoms with Gasteiger partial charge in [-0.15, -0.1) is 0 Å². The van der Waals surface area contributed by atoms with E-state index < -0.39 is 0 Å². The first-order valence-corrected chi connectivity index (χ1v) is 6.19. The maximum atomic E-state index is 5.21. The summed E-state index contributed by atoms with van der Waals surface area (Å²) in [6, 6.07) is 8.51. The predicted molar refractivity (Wildman–Crippen MR) is 72.8 cm³/mol. The largest absolute Gasteiger partial charge is 0.383 e. The van der Waals surface area contributed by atoms with E-state index in [1.165, 1.54) is 11.4 Å². The lowest BCUT2D eigenvalue weighted by atomic mass is 9.93. The van der Waals surface area contributed by atoms with E-state index in [4.69, 9.17) is 4.74 Å². The van der Waals surface area contributed by atoms with Gasteiger partial charge >= 0.3 is 0 Å². The van der Waals surface area contributed by atoms with E-state index in [0.29, 0.717) is 0 Å². The second kappa shape index (κ2) is 4.96. The van der Waals surface area contributed by atoms with Crippen molar-refractivity contribution in [3.05, 3.63) is 24.3 Å². The number of para-hydroxylation sites is 2. The molecule has 3 heteroatoms. The Balaban J connectivity index is 2.26. The van der Waals surface area contributed by atoms with Crippen LogP contribution in [0.3, 0.4) is 0 Å². The third-order valence-electron chi connectivity index (χ3n) is 3.19. The molecule has 17 heavy (non-hydrogen) atoms. The van der Waals surface area contributed by atoms with E-state index in [-0.39, 0.29) is 5.41 Å². The fourth-order valence-electron chi connectivity index (χ4n) is 2.29. The van der Waals surface area contributed by atoms with Gasteiger partial charge in [-0.05, 0) is 17.5 Å². The first kappa shape index (κ1) is 12.2. The van der Waals surface area contributed by atoms with Crippen molar-refractivity contribution in [2.45, 2.75) is 13.8 Å². The normalized spacial score (nSPS) is 18.2. The summed E-state index contributed by atoms with van der Waals surface area (Å²) >= 11 is 0. The van der Waals surface area contributed by atoms with Gasteiger partial charge in [-0.3, -0.25) is 0 Å². The fraction of sp³-hybridized carbons (Fsp3) is 0.571. The van der Waals surface area contributed by atoms with Gasteiger partial charge in [0.1, 0.15) is 0 Å². The van der Waals surface area contributed by atoms with Gasteiger partial charge in [-0.2, -0.15) is 0 Å². The molecule has 0 saturated heterocycles. The maximum absolute atomic E-state index is 5.21. The summed E-state index contributed by atoms with van der Waals surface area (Å²) < 4.78 is 5.21. The van der Waals surface area contributed by atoms with E-state index in [9.17, 15) is 0 Å². The molecule has 0 bridgehead atoms. The summed E-state index contributed by atoms with van der Waals surface area (Å²) in [6.07, 6.45) is 0. The monoisotopic (exact) mass is 234 g/mol. The minimum absolute atomic E-state index is 0.271. The van der Waals surface area contributed by atoms with Crippen molar-refractivity contribution in [3.63, 3.8) is 0 Å². The van der Waals surface area contributed by atoms with Crippen LogP contribution in [0.2, 0.25) is 0 Å². The predicted octanol–water partition coefficient (Wildman–Crippen LogP) is 2.59. The van der Waals surface area contributed by atoms with Crippen LogP contribution in [0.4, 0.5) is 11.4 Å². The summed E-state index contributed by atoms with van der Waals surface area (Å²) in [5.41, 5.74) is 2.79. The van der Waals surface area contributed by atoms with Crippen molar-refractivity contribution in [2.24, 2.45) is 5.41 Å².